The molecule has 2 N–H and O–H groups in total. The van der Waals surface area contributed by atoms with E-state index in [0.717, 1.165) is 0 Å². The molecule has 1 aromatic rings. The largest absolute Gasteiger partial charge is 0.491 e. The first-order valence-corrected chi connectivity index (χ1v) is 4.46. The zero-order valence-electron chi connectivity index (χ0n) is 8.65. The lowest BCUT2D eigenvalue weighted by Gasteiger charge is -2.10. The third-order valence-corrected chi connectivity index (χ3v) is 1.82. The van der Waals surface area contributed by atoms with Gasteiger partial charge in [0, 0.05) is 6.54 Å². The summed E-state index contributed by atoms with van der Waals surface area (Å²) in [5.74, 6) is 0.210. The molecule has 0 bridgehead atoms. The molecule has 6 heteroatoms. The lowest BCUT2D eigenvalue weighted by molar-refractivity contribution is -0.136. The Balaban J connectivity index is 2.67. The number of aryl methyl sites for hydroxylation is 1. The number of ether oxygens (including phenoxy) is 1. The summed E-state index contributed by atoms with van der Waals surface area (Å²) in [7, 11) is 1.52. The first-order chi connectivity index (χ1) is 7.15. The van der Waals surface area contributed by atoms with Crippen LogP contribution in [0, 0.1) is 6.92 Å². The van der Waals surface area contributed by atoms with E-state index in [1.807, 2.05) is 0 Å². The Kier molecular flexibility index (Phi) is 3.84. The van der Waals surface area contributed by atoms with Crippen molar-refractivity contribution in [3.8, 4) is 5.75 Å². The van der Waals surface area contributed by atoms with Crippen molar-refractivity contribution in [3.05, 3.63) is 12.0 Å². The van der Waals surface area contributed by atoms with Crippen LogP contribution in [-0.2, 0) is 4.79 Å². The van der Waals surface area contributed by atoms with E-state index in [4.69, 9.17) is 9.84 Å². The van der Waals surface area contributed by atoms with E-state index in [1.54, 1.807) is 6.92 Å². The molecular formula is C9H13N3O3. The van der Waals surface area contributed by atoms with E-state index in [9.17, 15) is 4.79 Å². The van der Waals surface area contributed by atoms with Gasteiger partial charge in [-0.1, -0.05) is 0 Å². The molecule has 1 heterocycles. The van der Waals surface area contributed by atoms with Gasteiger partial charge in [0.15, 0.2) is 11.6 Å². The van der Waals surface area contributed by atoms with Crippen LogP contribution in [0.5, 0.6) is 5.75 Å². The summed E-state index contributed by atoms with van der Waals surface area (Å²) in [6, 6.07) is 0. The Labute approximate surface area is 87.3 Å². The maximum absolute atomic E-state index is 10.3. The van der Waals surface area contributed by atoms with Crippen LogP contribution in [0.2, 0.25) is 0 Å². The van der Waals surface area contributed by atoms with Crippen LogP contribution < -0.4 is 10.1 Å². The van der Waals surface area contributed by atoms with Crippen molar-refractivity contribution < 1.29 is 14.6 Å². The summed E-state index contributed by atoms with van der Waals surface area (Å²) in [5, 5.41) is 11.3. The van der Waals surface area contributed by atoms with E-state index in [2.05, 4.69) is 15.3 Å². The lowest BCUT2D eigenvalue weighted by atomic mass is 10.3. The molecule has 6 nitrogen and oxygen atoms in total. The van der Waals surface area contributed by atoms with Gasteiger partial charge in [-0.3, -0.25) is 4.79 Å². The average molecular weight is 211 g/mol. The molecule has 0 unspecified atom stereocenters. The zero-order valence-corrected chi connectivity index (χ0v) is 8.65. The topological polar surface area (TPSA) is 84.3 Å². The van der Waals surface area contributed by atoms with Crippen molar-refractivity contribution in [1.82, 2.24) is 9.97 Å². The molecule has 0 aliphatic heterocycles. The second-order valence-corrected chi connectivity index (χ2v) is 2.91. The molecule has 0 saturated carbocycles. The molecule has 1 aromatic heterocycles. The SMILES string of the molecule is COc1c(C)ncnc1NCCC(=O)O. The van der Waals surface area contributed by atoms with E-state index in [0.29, 0.717) is 23.8 Å². The maximum Gasteiger partial charge on any atom is 0.305 e. The minimum atomic E-state index is -0.854. The monoisotopic (exact) mass is 211 g/mol. The number of anilines is 1. The minimum Gasteiger partial charge on any atom is -0.491 e. The van der Waals surface area contributed by atoms with Gasteiger partial charge in [0.1, 0.15) is 6.33 Å². The third kappa shape index (κ3) is 3.08. The number of carboxylic acid groups (broad SMARTS) is 1. The van der Waals surface area contributed by atoms with Crippen molar-refractivity contribution >= 4 is 11.8 Å². The van der Waals surface area contributed by atoms with Crippen LogP contribution in [0.1, 0.15) is 12.1 Å². The number of methoxy groups -OCH3 is 1. The molecule has 0 saturated heterocycles. The van der Waals surface area contributed by atoms with E-state index in [-0.39, 0.29) is 6.42 Å². The van der Waals surface area contributed by atoms with Crippen molar-refractivity contribution in [2.45, 2.75) is 13.3 Å². The summed E-state index contributed by atoms with van der Waals surface area (Å²) in [6.07, 6.45) is 1.44. The lowest BCUT2D eigenvalue weighted by Crippen LogP contribution is -2.10. The Bertz CT molecular complexity index is 354. The van der Waals surface area contributed by atoms with E-state index >= 15 is 0 Å². The number of hydrogen-bond acceptors (Lipinski definition) is 5. The molecule has 0 aliphatic rings. The van der Waals surface area contributed by atoms with Gasteiger partial charge in [-0.05, 0) is 6.92 Å². The van der Waals surface area contributed by atoms with Gasteiger partial charge in [-0.2, -0.15) is 0 Å². The second kappa shape index (κ2) is 5.14. The van der Waals surface area contributed by atoms with Crippen molar-refractivity contribution in [2.24, 2.45) is 0 Å². The number of carboxylic acids is 1. The number of nitrogens with one attached hydrogen (secondary N) is 1. The number of aromatic nitrogens is 2. The maximum atomic E-state index is 10.3. The molecular weight excluding hydrogens is 198 g/mol. The van der Waals surface area contributed by atoms with Crippen LogP contribution in [0.15, 0.2) is 6.33 Å². The van der Waals surface area contributed by atoms with E-state index < -0.39 is 5.97 Å². The number of hydrogen-bond donors (Lipinski definition) is 2. The normalized spacial score (nSPS) is 9.73. The fourth-order valence-electron chi connectivity index (χ4n) is 1.12. The number of aliphatic carboxylic acids is 1. The van der Waals surface area contributed by atoms with Gasteiger partial charge in [0.05, 0.1) is 19.2 Å². The molecule has 1 rings (SSSR count). The smallest absolute Gasteiger partial charge is 0.305 e. The van der Waals surface area contributed by atoms with Crippen molar-refractivity contribution in [3.63, 3.8) is 0 Å². The molecule has 0 radical (unpaired) electrons. The predicted molar refractivity (Wildman–Crippen MR) is 54.1 cm³/mol. The highest BCUT2D eigenvalue weighted by Crippen LogP contribution is 2.23. The van der Waals surface area contributed by atoms with Crippen LogP contribution in [-0.4, -0.2) is 34.7 Å². The summed E-state index contributed by atoms with van der Waals surface area (Å²) in [4.78, 5) is 18.2. The fourth-order valence-corrected chi connectivity index (χ4v) is 1.12. The molecule has 15 heavy (non-hydrogen) atoms. The quantitative estimate of drug-likeness (QED) is 0.745. The summed E-state index contributed by atoms with van der Waals surface area (Å²) < 4.78 is 5.10. The minimum absolute atomic E-state index is 0.0339. The first-order valence-electron chi connectivity index (χ1n) is 4.46. The summed E-state index contributed by atoms with van der Waals surface area (Å²) >= 11 is 0. The Morgan fingerprint density at radius 1 is 1.60 bits per heavy atom. The number of nitrogens with zero attached hydrogens (tertiary/aromatic N) is 2. The Morgan fingerprint density at radius 3 is 2.93 bits per heavy atom. The molecule has 82 valence electrons. The van der Waals surface area contributed by atoms with Crippen LogP contribution in [0.4, 0.5) is 5.82 Å². The molecule has 0 aliphatic carbocycles. The zero-order chi connectivity index (χ0) is 11.3. The van der Waals surface area contributed by atoms with Gasteiger partial charge in [-0.15, -0.1) is 0 Å². The molecule has 0 amide bonds. The summed E-state index contributed by atoms with van der Waals surface area (Å²) in [5.41, 5.74) is 0.713. The van der Waals surface area contributed by atoms with Gasteiger partial charge in [0.2, 0.25) is 0 Å². The highest BCUT2D eigenvalue weighted by Gasteiger charge is 2.08. The van der Waals surface area contributed by atoms with Gasteiger partial charge in [0.25, 0.3) is 0 Å². The average Bonchev–Trinajstić information content (AvgIpc) is 2.17. The van der Waals surface area contributed by atoms with Gasteiger partial charge in [-0.25, -0.2) is 9.97 Å². The standard InChI is InChI=1S/C9H13N3O3/c1-6-8(15-2)9(12-5-11-6)10-4-3-7(13)14/h5H,3-4H2,1-2H3,(H,13,14)(H,10,11,12). The molecule has 0 fully saturated rings. The molecule has 0 atom stereocenters. The first kappa shape index (κ1) is 11.2. The Morgan fingerprint density at radius 2 is 2.33 bits per heavy atom. The van der Waals surface area contributed by atoms with Crippen molar-refractivity contribution in [1.29, 1.82) is 0 Å². The number of carbonyl (C=O) groups is 1. The highest BCUT2D eigenvalue weighted by atomic mass is 16.5. The molecule has 0 aromatic carbocycles. The van der Waals surface area contributed by atoms with Crippen molar-refractivity contribution in [2.75, 3.05) is 19.0 Å². The van der Waals surface area contributed by atoms with E-state index in [1.165, 1.54) is 13.4 Å². The van der Waals surface area contributed by atoms with Gasteiger partial charge >= 0.3 is 5.97 Å². The number of rotatable bonds is 5. The van der Waals surface area contributed by atoms with Crippen LogP contribution in [0.3, 0.4) is 0 Å². The predicted octanol–water partition coefficient (Wildman–Crippen LogP) is 0.680. The molecule has 0 spiro atoms. The second-order valence-electron chi connectivity index (χ2n) is 2.91. The third-order valence-electron chi connectivity index (χ3n) is 1.82. The summed E-state index contributed by atoms with van der Waals surface area (Å²) in [6.45, 7) is 2.10. The van der Waals surface area contributed by atoms with Gasteiger partial charge < -0.3 is 15.2 Å². The Hall–Kier alpha value is -1.85. The highest BCUT2D eigenvalue weighted by molar-refractivity contribution is 5.67. The van der Waals surface area contributed by atoms with Crippen LogP contribution in [0.25, 0.3) is 0 Å². The fraction of sp³-hybridized carbons (Fsp3) is 0.444. The van der Waals surface area contributed by atoms with Crippen LogP contribution >= 0.6 is 0 Å².